The molecule has 3 nitrogen and oxygen atoms in total. The zero-order chi connectivity index (χ0) is 13.7. The van der Waals surface area contributed by atoms with Gasteiger partial charge in [-0.2, -0.15) is 0 Å². The maximum absolute atomic E-state index is 5.92. The first-order chi connectivity index (χ1) is 9.22. The van der Waals surface area contributed by atoms with Crippen molar-refractivity contribution in [3.63, 3.8) is 0 Å². The lowest BCUT2D eigenvalue weighted by Crippen LogP contribution is -2.18. The van der Waals surface area contributed by atoms with Crippen molar-refractivity contribution in [2.45, 2.75) is 6.10 Å². The molecule has 19 heavy (non-hydrogen) atoms. The van der Waals surface area contributed by atoms with E-state index in [1.165, 1.54) is 0 Å². The number of halogens is 1. The van der Waals surface area contributed by atoms with Crippen LogP contribution < -0.4 is 15.2 Å². The van der Waals surface area contributed by atoms with Crippen molar-refractivity contribution >= 4 is 15.9 Å². The highest BCUT2D eigenvalue weighted by Gasteiger charge is 2.12. The topological polar surface area (TPSA) is 44.5 Å². The smallest absolute Gasteiger partial charge is 0.136 e. The molecular formula is C15H16BrNO2. The zero-order valence-electron chi connectivity index (χ0n) is 10.7. The molecule has 0 aliphatic heterocycles. The van der Waals surface area contributed by atoms with Crippen molar-refractivity contribution in [2.24, 2.45) is 5.73 Å². The summed E-state index contributed by atoms with van der Waals surface area (Å²) in [4.78, 5) is 0. The van der Waals surface area contributed by atoms with Gasteiger partial charge in [-0.1, -0.05) is 34.1 Å². The van der Waals surface area contributed by atoms with Gasteiger partial charge in [0.05, 0.1) is 7.11 Å². The number of rotatable bonds is 5. The number of nitrogens with two attached hydrogens (primary N) is 1. The Hall–Kier alpha value is -1.52. The second-order valence-electron chi connectivity index (χ2n) is 4.08. The minimum Gasteiger partial charge on any atom is -0.497 e. The number of ether oxygens (including phenoxy) is 2. The number of hydrogen-bond donors (Lipinski definition) is 1. The zero-order valence-corrected chi connectivity index (χ0v) is 12.3. The lowest BCUT2D eigenvalue weighted by Gasteiger charge is -2.18. The van der Waals surface area contributed by atoms with Gasteiger partial charge in [-0.25, -0.2) is 0 Å². The Kier molecular flexibility index (Phi) is 4.82. The lowest BCUT2D eigenvalue weighted by molar-refractivity contribution is 0.213. The highest BCUT2D eigenvalue weighted by atomic mass is 79.9. The molecule has 1 atom stereocenters. The van der Waals surface area contributed by atoms with Crippen molar-refractivity contribution < 1.29 is 9.47 Å². The van der Waals surface area contributed by atoms with E-state index in [-0.39, 0.29) is 6.10 Å². The first kappa shape index (κ1) is 13.9. The predicted molar refractivity (Wildman–Crippen MR) is 79.6 cm³/mol. The SMILES string of the molecule is COc1cccc(OC(CN)c2cccc(Br)c2)c1. The van der Waals surface area contributed by atoms with E-state index in [2.05, 4.69) is 15.9 Å². The van der Waals surface area contributed by atoms with E-state index in [0.717, 1.165) is 21.5 Å². The van der Waals surface area contributed by atoms with E-state index < -0.39 is 0 Å². The Balaban J connectivity index is 2.18. The summed E-state index contributed by atoms with van der Waals surface area (Å²) in [5.41, 5.74) is 6.84. The summed E-state index contributed by atoms with van der Waals surface area (Å²) in [6, 6.07) is 15.5. The molecule has 0 aliphatic carbocycles. The Bertz CT molecular complexity index is 545. The van der Waals surface area contributed by atoms with Gasteiger partial charge in [0, 0.05) is 17.1 Å². The van der Waals surface area contributed by atoms with Gasteiger partial charge in [-0.3, -0.25) is 0 Å². The highest BCUT2D eigenvalue weighted by molar-refractivity contribution is 9.10. The van der Waals surface area contributed by atoms with Crippen molar-refractivity contribution in [3.05, 3.63) is 58.6 Å². The molecule has 0 fully saturated rings. The Morgan fingerprint density at radius 1 is 1.11 bits per heavy atom. The van der Waals surface area contributed by atoms with Gasteiger partial charge in [0.25, 0.3) is 0 Å². The number of benzene rings is 2. The maximum Gasteiger partial charge on any atom is 0.136 e. The van der Waals surface area contributed by atoms with Crippen LogP contribution in [0.4, 0.5) is 0 Å². The molecule has 4 heteroatoms. The molecule has 2 N–H and O–H groups in total. The van der Waals surface area contributed by atoms with Gasteiger partial charge in [-0.05, 0) is 29.8 Å². The molecule has 0 radical (unpaired) electrons. The first-order valence-electron chi connectivity index (χ1n) is 5.99. The Morgan fingerprint density at radius 2 is 1.84 bits per heavy atom. The summed E-state index contributed by atoms with van der Waals surface area (Å²) < 4.78 is 12.1. The van der Waals surface area contributed by atoms with Crippen molar-refractivity contribution in [1.82, 2.24) is 0 Å². The summed E-state index contributed by atoms with van der Waals surface area (Å²) in [5, 5.41) is 0. The molecule has 0 aromatic heterocycles. The second-order valence-corrected chi connectivity index (χ2v) is 4.99. The Labute approximate surface area is 121 Å². The predicted octanol–water partition coefficient (Wildman–Crippen LogP) is 3.54. The van der Waals surface area contributed by atoms with Crippen LogP contribution in [0, 0.1) is 0 Å². The number of methoxy groups -OCH3 is 1. The van der Waals surface area contributed by atoms with Crippen LogP contribution in [0.25, 0.3) is 0 Å². The van der Waals surface area contributed by atoms with Gasteiger partial charge < -0.3 is 15.2 Å². The van der Waals surface area contributed by atoms with Crippen molar-refractivity contribution in [1.29, 1.82) is 0 Å². The third-order valence-corrected chi connectivity index (χ3v) is 3.25. The van der Waals surface area contributed by atoms with Gasteiger partial charge >= 0.3 is 0 Å². The van der Waals surface area contributed by atoms with E-state index in [4.69, 9.17) is 15.2 Å². The molecule has 0 amide bonds. The molecular weight excluding hydrogens is 306 g/mol. The van der Waals surface area contributed by atoms with E-state index in [0.29, 0.717) is 6.54 Å². The summed E-state index contributed by atoms with van der Waals surface area (Å²) in [7, 11) is 1.63. The van der Waals surface area contributed by atoms with Gasteiger partial charge in [-0.15, -0.1) is 0 Å². The van der Waals surface area contributed by atoms with Crippen LogP contribution in [0.5, 0.6) is 11.5 Å². The third-order valence-electron chi connectivity index (χ3n) is 2.75. The van der Waals surface area contributed by atoms with E-state index in [1.54, 1.807) is 7.11 Å². The normalized spacial score (nSPS) is 11.9. The summed E-state index contributed by atoms with van der Waals surface area (Å²) in [6.45, 7) is 0.410. The molecule has 0 saturated heterocycles. The molecule has 0 aliphatic rings. The van der Waals surface area contributed by atoms with Crippen molar-refractivity contribution in [2.75, 3.05) is 13.7 Å². The van der Waals surface area contributed by atoms with Gasteiger partial charge in [0.2, 0.25) is 0 Å². The lowest BCUT2D eigenvalue weighted by atomic mass is 10.1. The third kappa shape index (κ3) is 3.72. The fraction of sp³-hybridized carbons (Fsp3) is 0.200. The average Bonchev–Trinajstić information content (AvgIpc) is 2.45. The first-order valence-corrected chi connectivity index (χ1v) is 6.78. The van der Waals surface area contributed by atoms with E-state index >= 15 is 0 Å². The fourth-order valence-corrected chi connectivity index (χ4v) is 2.21. The van der Waals surface area contributed by atoms with Crippen LogP contribution >= 0.6 is 15.9 Å². The minimum absolute atomic E-state index is 0.176. The van der Waals surface area contributed by atoms with Crippen LogP contribution in [0.1, 0.15) is 11.7 Å². The van der Waals surface area contributed by atoms with Crippen LogP contribution in [0.3, 0.4) is 0 Å². The van der Waals surface area contributed by atoms with E-state index in [9.17, 15) is 0 Å². The minimum atomic E-state index is -0.176. The standard InChI is InChI=1S/C15H16BrNO2/c1-18-13-6-3-7-14(9-13)19-15(10-17)11-4-2-5-12(16)8-11/h2-9,15H,10,17H2,1H3. The van der Waals surface area contributed by atoms with Gasteiger partial charge in [0.15, 0.2) is 0 Å². The molecule has 0 heterocycles. The maximum atomic E-state index is 5.92. The van der Waals surface area contributed by atoms with Crippen LogP contribution in [0.15, 0.2) is 53.0 Å². The monoisotopic (exact) mass is 321 g/mol. The summed E-state index contributed by atoms with van der Waals surface area (Å²) >= 11 is 3.45. The molecule has 2 aromatic rings. The summed E-state index contributed by atoms with van der Waals surface area (Å²) in [6.07, 6.45) is -0.176. The molecule has 100 valence electrons. The highest BCUT2D eigenvalue weighted by Crippen LogP contribution is 2.26. The average molecular weight is 322 g/mol. The quantitative estimate of drug-likeness (QED) is 0.916. The molecule has 0 saturated carbocycles. The molecule has 0 spiro atoms. The van der Waals surface area contributed by atoms with Crippen LogP contribution in [-0.2, 0) is 0 Å². The number of hydrogen-bond acceptors (Lipinski definition) is 3. The molecule has 2 aromatic carbocycles. The summed E-state index contributed by atoms with van der Waals surface area (Å²) in [5.74, 6) is 1.51. The van der Waals surface area contributed by atoms with Gasteiger partial charge in [0.1, 0.15) is 17.6 Å². The molecule has 0 bridgehead atoms. The van der Waals surface area contributed by atoms with Crippen molar-refractivity contribution in [3.8, 4) is 11.5 Å². The van der Waals surface area contributed by atoms with E-state index in [1.807, 2.05) is 48.5 Å². The molecule has 1 unspecified atom stereocenters. The second kappa shape index (κ2) is 6.59. The molecule has 2 rings (SSSR count). The van der Waals surface area contributed by atoms with Crippen LogP contribution in [0.2, 0.25) is 0 Å². The Morgan fingerprint density at radius 3 is 2.53 bits per heavy atom. The largest absolute Gasteiger partial charge is 0.497 e. The fourth-order valence-electron chi connectivity index (χ4n) is 1.80. The van der Waals surface area contributed by atoms with Crippen LogP contribution in [-0.4, -0.2) is 13.7 Å².